The van der Waals surface area contributed by atoms with Crippen LogP contribution in [0.1, 0.15) is 31.5 Å². The number of nitrogens with one attached hydrogen (secondary N) is 2. The number of carboxylic acid groups (broad SMARTS) is 1. The van der Waals surface area contributed by atoms with E-state index in [0.717, 1.165) is 10.5 Å². The van der Waals surface area contributed by atoms with Crippen LogP contribution < -0.4 is 10.6 Å². The number of aromatic nitrogens is 1. The lowest BCUT2D eigenvalue weighted by molar-refractivity contribution is -0.115. The number of hydrogen-bond donors (Lipinski definition) is 3. The van der Waals surface area contributed by atoms with Gasteiger partial charge in [-0.3, -0.25) is 9.59 Å². The number of rotatable bonds is 9. The molecule has 1 aromatic heterocycles. The lowest BCUT2D eigenvalue weighted by Gasteiger charge is -2.16. The molecule has 0 aliphatic heterocycles. The summed E-state index contributed by atoms with van der Waals surface area (Å²) in [6, 6.07) is 27.5. The molecule has 0 fully saturated rings. The predicted octanol–water partition coefficient (Wildman–Crippen LogP) is 8.54. The number of nitrogens with zero attached hydrogens (tertiary/aromatic N) is 1. The van der Waals surface area contributed by atoms with Gasteiger partial charge in [0.1, 0.15) is 5.25 Å². The van der Waals surface area contributed by atoms with Crippen LogP contribution in [0.2, 0.25) is 10.0 Å². The Kier molecular flexibility index (Phi) is 9.24. The third kappa shape index (κ3) is 7.00. The topological polar surface area (TPSA) is 108 Å². The minimum Gasteiger partial charge on any atom is -0.478 e. The Morgan fingerprint density at radius 1 is 0.833 bits per heavy atom. The number of benzene rings is 4. The molecule has 2 amide bonds. The molecule has 0 aliphatic rings. The molecule has 1 atom stereocenters. The molecule has 11 heteroatoms. The lowest BCUT2D eigenvalue weighted by atomic mass is 10.1. The SMILES string of the molecule is O=C(O)c1ccccc1C(=O)Nc1ccc(SC(C(=O)Nc2nc(-c3ccc(Cl)cc3Cl)cs2)c2ccccc2)cc1. The highest BCUT2D eigenvalue weighted by molar-refractivity contribution is 8.00. The summed E-state index contributed by atoms with van der Waals surface area (Å²) in [5, 5.41) is 17.7. The van der Waals surface area contributed by atoms with Gasteiger partial charge in [-0.25, -0.2) is 9.78 Å². The summed E-state index contributed by atoms with van der Waals surface area (Å²) in [7, 11) is 0. The normalized spacial score (nSPS) is 11.5. The van der Waals surface area contributed by atoms with Crippen LogP contribution in [0.5, 0.6) is 0 Å². The average Bonchev–Trinajstić information content (AvgIpc) is 3.45. The predicted molar refractivity (Wildman–Crippen MR) is 169 cm³/mol. The summed E-state index contributed by atoms with van der Waals surface area (Å²) in [5.41, 5.74) is 2.62. The van der Waals surface area contributed by atoms with Crippen LogP contribution in [0, 0.1) is 0 Å². The van der Waals surface area contributed by atoms with Gasteiger partial charge in [-0.1, -0.05) is 65.7 Å². The summed E-state index contributed by atoms with van der Waals surface area (Å²) in [4.78, 5) is 43.1. The number of halogens is 2. The maximum absolute atomic E-state index is 13.5. The Bertz CT molecular complexity index is 1760. The molecule has 0 bridgehead atoms. The highest BCUT2D eigenvalue weighted by atomic mass is 35.5. The quantitative estimate of drug-likeness (QED) is 0.140. The number of anilines is 2. The number of amides is 2. The molecule has 3 N–H and O–H groups in total. The molecule has 7 nitrogen and oxygen atoms in total. The van der Waals surface area contributed by atoms with E-state index < -0.39 is 17.1 Å². The zero-order valence-corrected chi connectivity index (χ0v) is 24.7. The number of thiazole rings is 1. The fraction of sp³-hybridized carbons (Fsp3) is 0.0323. The van der Waals surface area contributed by atoms with Crippen molar-refractivity contribution >= 4 is 74.9 Å². The van der Waals surface area contributed by atoms with Crippen LogP contribution in [0.4, 0.5) is 10.8 Å². The smallest absolute Gasteiger partial charge is 0.336 e. The van der Waals surface area contributed by atoms with Crippen molar-refractivity contribution in [1.29, 1.82) is 0 Å². The molecule has 0 aliphatic carbocycles. The minimum absolute atomic E-state index is 0.0629. The van der Waals surface area contributed by atoms with Gasteiger partial charge >= 0.3 is 5.97 Å². The van der Waals surface area contributed by atoms with Gasteiger partial charge in [0.05, 0.1) is 21.8 Å². The summed E-state index contributed by atoms with van der Waals surface area (Å²) < 4.78 is 0. The van der Waals surface area contributed by atoms with E-state index in [1.165, 1.54) is 35.2 Å². The summed E-state index contributed by atoms with van der Waals surface area (Å²) in [6.07, 6.45) is 0. The van der Waals surface area contributed by atoms with Gasteiger partial charge in [-0.15, -0.1) is 23.1 Å². The first-order valence-electron chi connectivity index (χ1n) is 12.5. The molecule has 0 radical (unpaired) electrons. The van der Waals surface area contributed by atoms with E-state index in [1.54, 1.807) is 54.6 Å². The molecular weight excluding hydrogens is 613 g/mol. The summed E-state index contributed by atoms with van der Waals surface area (Å²) in [6.45, 7) is 0. The number of hydrogen-bond acceptors (Lipinski definition) is 6. The van der Waals surface area contributed by atoms with Crippen molar-refractivity contribution in [2.45, 2.75) is 10.1 Å². The standard InChI is InChI=1S/C31H21Cl2N3O4S2/c32-19-10-15-24(25(33)16-19)26-17-41-31(35-26)36-29(38)27(18-6-2-1-3-7-18)42-21-13-11-20(12-14-21)34-28(37)22-8-4-5-9-23(22)30(39)40/h1-17,27H,(H,34,37)(H,39,40)(H,35,36,38). The molecule has 1 heterocycles. The summed E-state index contributed by atoms with van der Waals surface area (Å²) in [5.74, 6) is -1.96. The second kappa shape index (κ2) is 13.2. The van der Waals surface area contributed by atoms with Gasteiger partial charge in [-0.05, 0) is 60.2 Å². The fourth-order valence-electron chi connectivity index (χ4n) is 4.04. The highest BCUT2D eigenvalue weighted by Crippen LogP contribution is 2.38. The molecule has 42 heavy (non-hydrogen) atoms. The highest BCUT2D eigenvalue weighted by Gasteiger charge is 2.24. The van der Waals surface area contributed by atoms with E-state index in [2.05, 4.69) is 15.6 Å². The number of carbonyl (C=O) groups is 3. The van der Waals surface area contributed by atoms with E-state index in [9.17, 15) is 19.5 Å². The number of carboxylic acids is 1. The van der Waals surface area contributed by atoms with Crippen LogP contribution in [0.3, 0.4) is 0 Å². The van der Waals surface area contributed by atoms with Crippen LogP contribution in [-0.2, 0) is 4.79 Å². The Morgan fingerprint density at radius 3 is 2.21 bits per heavy atom. The maximum Gasteiger partial charge on any atom is 0.336 e. The summed E-state index contributed by atoms with van der Waals surface area (Å²) >= 11 is 15.0. The van der Waals surface area contributed by atoms with Crippen molar-refractivity contribution < 1.29 is 19.5 Å². The maximum atomic E-state index is 13.5. The first-order valence-corrected chi connectivity index (χ1v) is 15.0. The van der Waals surface area contributed by atoms with Gasteiger partial charge in [0, 0.05) is 26.5 Å². The molecule has 1 unspecified atom stereocenters. The first-order chi connectivity index (χ1) is 20.3. The van der Waals surface area contributed by atoms with Gasteiger partial charge in [0.2, 0.25) is 5.91 Å². The van der Waals surface area contributed by atoms with Crippen LogP contribution in [0.15, 0.2) is 107 Å². The molecule has 0 saturated carbocycles. The Balaban J connectivity index is 1.31. The Hall–Kier alpha value is -4.15. The zero-order valence-electron chi connectivity index (χ0n) is 21.6. The Labute approximate surface area is 259 Å². The van der Waals surface area contributed by atoms with Crippen molar-refractivity contribution in [1.82, 2.24) is 4.98 Å². The van der Waals surface area contributed by atoms with Crippen molar-refractivity contribution in [3.05, 3.63) is 129 Å². The van der Waals surface area contributed by atoms with E-state index in [1.807, 2.05) is 35.7 Å². The lowest BCUT2D eigenvalue weighted by Crippen LogP contribution is -2.19. The van der Waals surface area contributed by atoms with Crippen molar-refractivity contribution in [2.75, 3.05) is 10.6 Å². The van der Waals surface area contributed by atoms with Crippen molar-refractivity contribution in [2.24, 2.45) is 0 Å². The number of thioether (sulfide) groups is 1. The molecule has 5 aromatic rings. The van der Waals surface area contributed by atoms with Gasteiger partial charge in [-0.2, -0.15) is 0 Å². The second-order valence-corrected chi connectivity index (χ2v) is 11.8. The third-order valence-corrected chi connectivity index (χ3v) is 8.62. The third-order valence-electron chi connectivity index (χ3n) is 6.05. The number of carbonyl (C=O) groups excluding carboxylic acids is 2. The fourth-order valence-corrected chi connectivity index (χ4v) is 6.29. The van der Waals surface area contributed by atoms with Crippen molar-refractivity contribution in [3.8, 4) is 11.3 Å². The molecule has 4 aromatic carbocycles. The van der Waals surface area contributed by atoms with Gasteiger partial charge in [0.15, 0.2) is 5.13 Å². The van der Waals surface area contributed by atoms with E-state index in [0.29, 0.717) is 32.1 Å². The first kappa shape index (κ1) is 29.3. The number of aromatic carboxylic acids is 1. The zero-order chi connectivity index (χ0) is 29.6. The Morgan fingerprint density at radius 2 is 1.52 bits per heavy atom. The second-order valence-electron chi connectivity index (χ2n) is 8.89. The molecule has 0 saturated heterocycles. The van der Waals surface area contributed by atoms with Crippen LogP contribution in [-0.4, -0.2) is 27.9 Å². The van der Waals surface area contributed by atoms with Crippen LogP contribution in [0.25, 0.3) is 11.3 Å². The monoisotopic (exact) mass is 633 g/mol. The minimum atomic E-state index is -1.18. The van der Waals surface area contributed by atoms with Crippen LogP contribution >= 0.6 is 46.3 Å². The van der Waals surface area contributed by atoms with Crippen molar-refractivity contribution in [3.63, 3.8) is 0 Å². The van der Waals surface area contributed by atoms with Gasteiger partial charge in [0.25, 0.3) is 5.91 Å². The van der Waals surface area contributed by atoms with E-state index >= 15 is 0 Å². The van der Waals surface area contributed by atoms with E-state index in [-0.39, 0.29) is 17.0 Å². The molecule has 5 rings (SSSR count). The molecular formula is C31H21Cl2N3O4S2. The van der Waals surface area contributed by atoms with Gasteiger partial charge < -0.3 is 15.7 Å². The average molecular weight is 635 g/mol. The largest absolute Gasteiger partial charge is 0.478 e. The molecule has 210 valence electrons. The van der Waals surface area contributed by atoms with E-state index in [4.69, 9.17) is 23.2 Å². The molecule has 0 spiro atoms.